The van der Waals surface area contributed by atoms with Crippen LogP contribution in [0, 0.1) is 11.8 Å². The second kappa shape index (κ2) is 10.2. The molecule has 2 bridgehead atoms. The average Bonchev–Trinajstić information content (AvgIpc) is 2.91. The van der Waals surface area contributed by atoms with Crippen molar-refractivity contribution < 1.29 is 14.2 Å². The van der Waals surface area contributed by atoms with Gasteiger partial charge in [0.1, 0.15) is 17.6 Å². The molecule has 3 aromatic rings. The van der Waals surface area contributed by atoms with Gasteiger partial charge in [0.15, 0.2) is 0 Å². The zero-order valence-electron chi connectivity index (χ0n) is 20.1. The van der Waals surface area contributed by atoms with E-state index >= 15 is 0 Å². The van der Waals surface area contributed by atoms with Gasteiger partial charge in [-0.1, -0.05) is 24.3 Å². The summed E-state index contributed by atoms with van der Waals surface area (Å²) >= 11 is 5.73. The number of aromatic nitrogens is 1. The molecular formula is C28H31N3O3S. The third-order valence-corrected chi connectivity index (χ3v) is 7.57. The first kappa shape index (κ1) is 23.6. The molecule has 3 aliphatic heterocycles. The van der Waals surface area contributed by atoms with Gasteiger partial charge in [-0.15, -0.1) is 6.58 Å². The molecule has 0 radical (unpaired) electrons. The highest BCUT2D eigenvalue weighted by Gasteiger charge is 2.44. The van der Waals surface area contributed by atoms with Crippen molar-refractivity contribution >= 4 is 34.0 Å². The number of hydrogen-bond acceptors (Lipinski definition) is 6. The van der Waals surface area contributed by atoms with E-state index in [4.69, 9.17) is 26.4 Å². The van der Waals surface area contributed by atoms with Crippen LogP contribution in [0.4, 0.5) is 5.69 Å². The lowest BCUT2D eigenvalue weighted by Gasteiger charge is -2.51. The van der Waals surface area contributed by atoms with Crippen LogP contribution in [0.3, 0.4) is 0 Å². The van der Waals surface area contributed by atoms with Gasteiger partial charge in [-0.25, -0.2) is 0 Å². The van der Waals surface area contributed by atoms with Gasteiger partial charge in [0, 0.05) is 29.8 Å². The van der Waals surface area contributed by atoms with E-state index in [9.17, 15) is 0 Å². The summed E-state index contributed by atoms with van der Waals surface area (Å²) < 4.78 is 17.5. The third kappa shape index (κ3) is 4.70. The number of rotatable bonds is 7. The molecule has 3 fully saturated rings. The molecule has 0 spiro atoms. The fourth-order valence-electron chi connectivity index (χ4n) is 5.56. The minimum Gasteiger partial charge on any atom is -0.497 e. The van der Waals surface area contributed by atoms with Gasteiger partial charge < -0.3 is 19.5 Å². The van der Waals surface area contributed by atoms with Crippen molar-refractivity contribution in [2.45, 2.75) is 25.0 Å². The smallest absolute Gasteiger partial charge is 0.261 e. The largest absolute Gasteiger partial charge is 0.497 e. The van der Waals surface area contributed by atoms with Crippen LogP contribution in [0.25, 0.3) is 10.9 Å². The van der Waals surface area contributed by atoms with E-state index in [1.165, 1.54) is 6.42 Å². The minimum absolute atomic E-state index is 0.216. The van der Waals surface area contributed by atoms with Gasteiger partial charge in [-0.2, -0.15) is 0 Å². The minimum atomic E-state index is -0.235. The maximum Gasteiger partial charge on any atom is 0.261 e. The molecule has 1 aromatic heterocycles. The number of para-hydroxylation sites is 1. The van der Waals surface area contributed by atoms with Gasteiger partial charge in [-0.3, -0.25) is 9.88 Å². The van der Waals surface area contributed by atoms with Crippen LogP contribution >= 0.6 is 12.2 Å². The quantitative estimate of drug-likeness (QED) is 0.342. The van der Waals surface area contributed by atoms with Gasteiger partial charge >= 0.3 is 0 Å². The Hall–Kier alpha value is -3.16. The van der Waals surface area contributed by atoms with Crippen molar-refractivity contribution in [3.05, 3.63) is 72.9 Å². The Morgan fingerprint density at radius 2 is 2.06 bits per heavy atom. The molecule has 2 aromatic carbocycles. The van der Waals surface area contributed by atoms with Crippen LogP contribution in [0.5, 0.6) is 11.5 Å². The van der Waals surface area contributed by atoms with Gasteiger partial charge in [0.25, 0.3) is 5.17 Å². The molecule has 5 atom stereocenters. The van der Waals surface area contributed by atoms with Crippen molar-refractivity contribution in [3.63, 3.8) is 0 Å². The van der Waals surface area contributed by atoms with E-state index in [2.05, 4.69) is 40.0 Å². The summed E-state index contributed by atoms with van der Waals surface area (Å²) in [5, 5.41) is 4.64. The number of benzene rings is 2. The lowest BCUT2D eigenvalue weighted by atomic mass is 9.73. The first-order chi connectivity index (χ1) is 17.1. The standard InChI is InChI=1S/C28H31N3O3S/c1-4-18-17-31-14-12-19(18)15-25(31)27(22-11-13-29-23-8-6-5-7-21(22)23)34-28(35)30-24-10-9-20(32-2)16-26(24)33-3/h4-11,13,16,18-19,25,27H,1,12,14-15,17H2,2-3H3,(H,30,35)/t18?,19?,25?,27-/m0/s1. The van der Waals surface area contributed by atoms with E-state index in [1.54, 1.807) is 14.2 Å². The van der Waals surface area contributed by atoms with E-state index in [0.717, 1.165) is 41.7 Å². The van der Waals surface area contributed by atoms with Crippen LogP contribution in [-0.2, 0) is 4.74 Å². The number of nitrogens with zero attached hydrogens (tertiary/aromatic N) is 2. The highest BCUT2D eigenvalue weighted by molar-refractivity contribution is 7.80. The summed E-state index contributed by atoms with van der Waals surface area (Å²) in [6.07, 6.45) is 5.99. The number of methoxy groups -OCH3 is 2. The average molecular weight is 490 g/mol. The molecule has 3 aliphatic rings. The molecule has 182 valence electrons. The lowest BCUT2D eigenvalue weighted by Crippen LogP contribution is -2.55. The predicted molar refractivity (Wildman–Crippen MR) is 143 cm³/mol. The van der Waals surface area contributed by atoms with Crippen LogP contribution < -0.4 is 14.8 Å². The topological polar surface area (TPSA) is 55.9 Å². The highest BCUT2D eigenvalue weighted by atomic mass is 32.1. The second-order valence-electron chi connectivity index (χ2n) is 9.18. The number of piperidine rings is 3. The molecule has 6 rings (SSSR count). The summed E-state index contributed by atoms with van der Waals surface area (Å²) in [5.41, 5.74) is 2.79. The SMILES string of the molecule is C=CC1CN2CCC1CC2[C@@H](OC(=S)Nc1ccc(OC)cc1OC)c1ccnc2ccccc12. The van der Waals surface area contributed by atoms with Crippen LogP contribution in [-0.4, -0.2) is 48.4 Å². The summed E-state index contributed by atoms with van der Waals surface area (Å²) in [4.78, 5) is 7.11. The fraction of sp³-hybridized carbons (Fsp3) is 0.357. The molecule has 0 aliphatic carbocycles. The zero-order chi connectivity index (χ0) is 24.4. The fourth-order valence-corrected chi connectivity index (χ4v) is 5.78. The van der Waals surface area contributed by atoms with Crippen molar-refractivity contribution in [2.75, 3.05) is 32.6 Å². The molecule has 0 saturated carbocycles. The lowest BCUT2D eigenvalue weighted by molar-refractivity contribution is -0.0386. The molecule has 7 heteroatoms. The van der Waals surface area contributed by atoms with Crippen molar-refractivity contribution in [1.82, 2.24) is 9.88 Å². The Kier molecular flexibility index (Phi) is 6.88. The number of hydrogen-bond donors (Lipinski definition) is 1. The van der Waals surface area contributed by atoms with E-state index < -0.39 is 0 Å². The summed E-state index contributed by atoms with van der Waals surface area (Å²) in [5.74, 6) is 2.49. The van der Waals surface area contributed by atoms with E-state index in [0.29, 0.717) is 28.5 Å². The van der Waals surface area contributed by atoms with Crippen LogP contribution in [0.15, 0.2) is 67.4 Å². The molecule has 6 nitrogen and oxygen atoms in total. The summed E-state index contributed by atoms with van der Waals surface area (Å²) in [7, 11) is 3.25. The van der Waals surface area contributed by atoms with Crippen molar-refractivity contribution in [3.8, 4) is 11.5 Å². The molecule has 35 heavy (non-hydrogen) atoms. The molecule has 3 saturated heterocycles. The summed E-state index contributed by atoms with van der Waals surface area (Å²) in [6.45, 7) is 6.15. The molecule has 1 N–H and O–H groups in total. The normalized spacial score (nSPS) is 23.9. The predicted octanol–water partition coefficient (Wildman–Crippen LogP) is 5.60. The van der Waals surface area contributed by atoms with Gasteiger partial charge in [0.05, 0.1) is 31.5 Å². The number of anilines is 1. The number of pyridine rings is 1. The monoisotopic (exact) mass is 489 g/mol. The van der Waals surface area contributed by atoms with Gasteiger partial charge in [-0.05, 0) is 67.7 Å². The van der Waals surface area contributed by atoms with Crippen molar-refractivity contribution in [2.24, 2.45) is 11.8 Å². The number of nitrogens with one attached hydrogen (secondary N) is 1. The van der Waals surface area contributed by atoms with Gasteiger partial charge in [0.2, 0.25) is 0 Å². The maximum atomic E-state index is 6.60. The molecule has 0 amide bonds. The maximum absolute atomic E-state index is 6.60. The number of thiocarbonyl (C=S) groups is 1. The summed E-state index contributed by atoms with van der Waals surface area (Å²) in [6, 6.07) is 16.1. The van der Waals surface area contributed by atoms with Crippen LogP contribution in [0.2, 0.25) is 0 Å². The second-order valence-corrected chi connectivity index (χ2v) is 9.55. The third-order valence-electron chi connectivity index (χ3n) is 7.37. The number of fused-ring (bicyclic) bond motifs is 4. The first-order valence-corrected chi connectivity index (χ1v) is 12.4. The Labute approximate surface area is 211 Å². The first-order valence-electron chi connectivity index (χ1n) is 12.0. The van der Waals surface area contributed by atoms with E-state index in [1.807, 2.05) is 42.6 Å². The van der Waals surface area contributed by atoms with Crippen molar-refractivity contribution in [1.29, 1.82) is 0 Å². The van der Waals surface area contributed by atoms with E-state index in [-0.39, 0.29) is 12.1 Å². The number of ether oxygens (including phenoxy) is 3. The molecule has 4 unspecified atom stereocenters. The Morgan fingerprint density at radius 1 is 1.20 bits per heavy atom. The van der Waals surface area contributed by atoms with Crippen LogP contribution in [0.1, 0.15) is 24.5 Å². The Balaban J connectivity index is 1.46. The molecular weight excluding hydrogens is 458 g/mol. The Morgan fingerprint density at radius 3 is 2.80 bits per heavy atom. The Bertz CT molecular complexity index is 1230. The zero-order valence-corrected chi connectivity index (χ0v) is 21.0. The highest BCUT2D eigenvalue weighted by Crippen LogP contribution is 2.43. The molecule has 4 heterocycles.